The molecule has 0 bridgehead atoms. The van der Waals surface area contributed by atoms with Crippen molar-refractivity contribution in [1.82, 2.24) is 0 Å². The van der Waals surface area contributed by atoms with E-state index in [9.17, 15) is 0 Å². The molecule has 1 atom stereocenters. The van der Waals surface area contributed by atoms with Gasteiger partial charge >= 0.3 is 0 Å². The summed E-state index contributed by atoms with van der Waals surface area (Å²) in [6.07, 6.45) is 0.888. The molecule has 1 aromatic carbocycles. The van der Waals surface area contributed by atoms with Gasteiger partial charge in [0.05, 0.1) is 16.7 Å². The van der Waals surface area contributed by atoms with Gasteiger partial charge in [0.1, 0.15) is 0 Å². The second-order valence-electron chi connectivity index (χ2n) is 6.47. The summed E-state index contributed by atoms with van der Waals surface area (Å²) >= 11 is 3.45. The molecule has 1 fully saturated rings. The molecule has 4 heteroatoms. The predicted molar refractivity (Wildman–Crippen MR) is 83.4 cm³/mol. The van der Waals surface area contributed by atoms with Crippen LogP contribution >= 0.6 is 15.9 Å². The van der Waals surface area contributed by atoms with Crippen LogP contribution in [0.25, 0.3) is 0 Å². The molecule has 1 aliphatic rings. The summed E-state index contributed by atoms with van der Waals surface area (Å²) < 4.78 is 7.26. The van der Waals surface area contributed by atoms with E-state index in [1.54, 1.807) is 0 Å². The van der Waals surface area contributed by atoms with E-state index < -0.39 is 0 Å². The summed E-state index contributed by atoms with van der Waals surface area (Å²) in [5.74, 6) is 0. The van der Waals surface area contributed by atoms with Crippen LogP contribution in [-0.4, -0.2) is 23.3 Å². The minimum atomic E-state index is -0.307. The third-order valence-corrected chi connectivity index (χ3v) is 4.52. The number of anilines is 1. The van der Waals surface area contributed by atoms with Crippen LogP contribution in [0, 0.1) is 0 Å². The molecular weight excluding hydrogens is 304 g/mol. The topological polar surface area (TPSA) is 47.3 Å². The highest BCUT2D eigenvalue weighted by molar-refractivity contribution is 9.10. The second kappa shape index (κ2) is 4.76. The van der Waals surface area contributed by atoms with Crippen molar-refractivity contribution < 1.29 is 4.74 Å². The van der Waals surface area contributed by atoms with Crippen LogP contribution < -0.4 is 11.1 Å². The summed E-state index contributed by atoms with van der Waals surface area (Å²) in [4.78, 5) is 0. The first-order valence-electron chi connectivity index (χ1n) is 6.64. The Morgan fingerprint density at radius 3 is 2.21 bits per heavy atom. The van der Waals surface area contributed by atoms with E-state index in [2.05, 4.69) is 61.1 Å². The number of nitrogens with one attached hydrogen (secondary N) is 1. The number of benzene rings is 1. The summed E-state index contributed by atoms with van der Waals surface area (Å²) in [6, 6.07) is 8.17. The van der Waals surface area contributed by atoms with Crippen LogP contribution in [-0.2, 0) is 4.74 Å². The van der Waals surface area contributed by atoms with Gasteiger partial charge in [0.2, 0.25) is 0 Å². The molecule has 1 unspecified atom stereocenters. The molecule has 3 N–H and O–H groups in total. The Morgan fingerprint density at radius 1 is 1.21 bits per heavy atom. The summed E-state index contributed by atoms with van der Waals surface area (Å²) in [6.45, 7) is 9.01. The molecule has 19 heavy (non-hydrogen) atoms. The van der Waals surface area contributed by atoms with Crippen molar-refractivity contribution in [3.8, 4) is 0 Å². The van der Waals surface area contributed by atoms with Crippen LogP contribution in [0.3, 0.4) is 0 Å². The Morgan fingerprint density at radius 2 is 1.79 bits per heavy atom. The lowest BCUT2D eigenvalue weighted by Crippen LogP contribution is -2.57. The molecule has 0 aromatic heterocycles. The Kier molecular flexibility index (Phi) is 3.71. The average molecular weight is 327 g/mol. The first kappa shape index (κ1) is 14.8. The van der Waals surface area contributed by atoms with Gasteiger partial charge in [0.15, 0.2) is 0 Å². The van der Waals surface area contributed by atoms with E-state index in [1.807, 2.05) is 12.1 Å². The van der Waals surface area contributed by atoms with Crippen molar-refractivity contribution in [2.75, 3.05) is 11.9 Å². The van der Waals surface area contributed by atoms with Crippen LogP contribution in [0.2, 0.25) is 0 Å². The quantitative estimate of drug-likeness (QED) is 0.893. The second-order valence-corrected chi connectivity index (χ2v) is 7.38. The minimum absolute atomic E-state index is 0.161. The van der Waals surface area contributed by atoms with E-state index in [-0.39, 0.29) is 16.7 Å². The SMILES string of the molecule is CC1(C)CC(CN)(Nc2ccc(Br)cc2)C(C)(C)O1. The van der Waals surface area contributed by atoms with Crippen molar-refractivity contribution >= 4 is 21.6 Å². The molecule has 1 aromatic rings. The molecule has 0 saturated carbocycles. The first-order valence-corrected chi connectivity index (χ1v) is 7.43. The molecule has 2 rings (SSSR count). The Labute approximate surface area is 124 Å². The first-order chi connectivity index (χ1) is 8.70. The zero-order chi connectivity index (χ0) is 14.3. The van der Waals surface area contributed by atoms with E-state index in [1.165, 1.54) is 0 Å². The highest BCUT2D eigenvalue weighted by Gasteiger charge is 2.56. The Balaban J connectivity index is 2.30. The fourth-order valence-corrected chi connectivity index (χ4v) is 3.40. The fourth-order valence-electron chi connectivity index (χ4n) is 3.14. The number of hydrogen-bond acceptors (Lipinski definition) is 3. The van der Waals surface area contributed by atoms with Crippen molar-refractivity contribution in [2.24, 2.45) is 5.73 Å². The van der Waals surface area contributed by atoms with Gasteiger partial charge in [-0.25, -0.2) is 0 Å². The number of nitrogens with two attached hydrogens (primary N) is 1. The van der Waals surface area contributed by atoms with Crippen molar-refractivity contribution in [3.05, 3.63) is 28.7 Å². The largest absolute Gasteiger partial charge is 0.375 e. The molecule has 0 amide bonds. The lowest BCUT2D eigenvalue weighted by atomic mass is 9.78. The molecule has 1 saturated heterocycles. The van der Waals surface area contributed by atoms with Gasteiger partial charge < -0.3 is 15.8 Å². The van der Waals surface area contributed by atoms with Crippen LogP contribution in [0.1, 0.15) is 34.1 Å². The van der Waals surface area contributed by atoms with Gasteiger partial charge in [0.25, 0.3) is 0 Å². The molecule has 0 spiro atoms. The maximum atomic E-state index is 6.19. The molecular formula is C15H23BrN2O. The zero-order valence-corrected chi connectivity index (χ0v) is 13.7. The number of rotatable bonds is 3. The zero-order valence-electron chi connectivity index (χ0n) is 12.1. The third kappa shape index (κ3) is 2.81. The van der Waals surface area contributed by atoms with Gasteiger partial charge in [-0.3, -0.25) is 0 Å². The number of halogens is 1. The smallest absolute Gasteiger partial charge is 0.0875 e. The van der Waals surface area contributed by atoms with E-state index in [4.69, 9.17) is 10.5 Å². The maximum Gasteiger partial charge on any atom is 0.0875 e. The molecule has 106 valence electrons. The normalized spacial score (nSPS) is 28.3. The predicted octanol–water partition coefficient (Wildman–Crippen LogP) is 3.54. The molecule has 1 aliphatic heterocycles. The van der Waals surface area contributed by atoms with Crippen molar-refractivity contribution in [3.63, 3.8) is 0 Å². The van der Waals surface area contributed by atoms with Gasteiger partial charge in [-0.2, -0.15) is 0 Å². The van der Waals surface area contributed by atoms with Gasteiger partial charge in [-0.1, -0.05) is 15.9 Å². The molecule has 0 radical (unpaired) electrons. The van der Waals surface area contributed by atoms with Crippen LogP contribution in [0.15, 0.2) is 28.7 Å². The molecule has 3 nitrogen and oxygen atoms in total. The minimum Gasteiger partial charge on any atom is -0.375 e. The van der Waals surface area contributed by atoms with Gasteiger partial charge in [-0.05, 0) is 52.0 Å². The van der Waals surface area contributed by atoms with Crippen molar-refractivity contribution in [2.45, 2.75) is 50.9 Å². The monoisotopic (exact) mass is 326 g/mol. The van der Waals surface area contributed by atoms with Crippen LogP contribution in [0.5, 0.6) is 0 Å². The van der Waals surface area contributed by atoms with Gasteiger partial charge in [0, 0.05) is 23.1 Å². The number of ether oxygens (including phenoxy) is 1. The average Bonchev–Trinajstić information content (AvgIpc) is 2.47. The Bertz CT molecular complexity index is 456. The van der Waals surface area contributed by atoms with E-state index in [0.717, 1.165) is 16.6 Å². The summed E-state index contributed by atoms with van der Waals surface area (Å²) in [7, 11) is 0. The van der Waals surface area contributed by atoms with Crippen molar-refractivity contribution in [1.29, 1.82) is 0 Å². The maximum absolute atomic E-state index is 6.19. The molecule has 1 heterocycles. The molecule has 0 aliphatic carbocycles. The fraction of sp³-hybridized carbons (Fsp3) is 0.600. The Hall–Kier alpha value is -0.580. The third-order valence-electron chi connectivity index (χ3n) is 3.99. The number of hydrogen-bond donors (Lipinski definition) is 2. The van der Waals surface area contributed by atoms with Gasteiger partial charge in [-0.15, -0.1) is 0 Å². The summed E-state index contributed by atoms with van der Waals surface area (Å²) in [5, 5.41) is 3.61. The summed E-state index contributed by atoms with van der Waals surface area (Å²) in [5.41, 5.74) is 6.45. The van der Waals surface area contributed by atoms with E-state index >= 15 is 0 Å². The van der Waals surface area contributed by atoms with E-state index in [0.29, 0.717) is 6.54 Å². The van der Waals surface area contributed by atoms with Crippen LogP contribution in [0.4, 0.5) is 5.69 Å². The lowest BCUT2D eigenvalue weighted by Gasteiger charge is -2.40. The highest BCUT2D eigenvalue weighted by Crippen LogP contribution is 2.46. The highest BCUT2D eigenvalue weighted by atomic mass is 79.9. The lowest BCUT2D eigenvalue weighted by molar-refractivity contribution is -0.0753. The standard InChI is InChI=1S/C15H23BrN2O/c1-13(2)9-15(10-17,14(3,4)19-13)18-12-7-5-11(16)6-8-12/h5-8,18H,9-10,17H2,1-4H3.